The number of nitrogens with zero attached hydrogens (tertiary/aromatic N) is 1. The lowest BCUT2D eigenvalue weighted by molar-refractivity contribution is 0.627. The van der Waals surface area contributed by atoms with Crippen molar-refractivity contribution in [2.24, 2.45) is 0 Å². The molecule has 3 rings (SSSR count). The van der Waals surface area contributed by atoms with Gasteiger partial charge in [0.2, 0.25) is 0 Å². The van der Waals surface area contributed by atoms with E-state index in [9.17, 15) is 4.39 Å². The van der Waals surface area contributed by atoms with Gasteiger partial charge in [-0.3, -0.25) is 0 Å². The van der Waals surface area contributed by atoms with E-state index in [1.54, 1.807) is 23.5 Å². The van der Waals surface area contributed by atoms with Gasteiger partial charge in [0.15, 0.2) is 10.2 Å². The average Bonchev–Trinajstić information content (AvgIpc) is 2.88. The van der Waals surface area contributed by atoms with Crippen molar-refractivity contribution >= 4 is 33.8 Å². The average molecular weight is 321 g/mol. The number of benzene rings is 1. The van der Waals surface area contributed by atoms with Crippen molar-refractivity contribution in [2.75, 3.05) is 5.32 Å². The first-order valence-electron chi connectivity index (χ1n) is 6.98. The summed E-state index contributed by atoms with van der Waals surface area (Å²) in [5.41, 5.74) is 2.20. The summed E-state index contributed by atoms with van der Waals surface area (Å²) in [5, 5.41) is 7.65. The zero-order valence-electron chi connectivity index (χ0n) is 11.5. The quantitative estimate of drug-likeness (QED) is 0.846. The van der Waals surface area contributed by atoms with E-state index in [0.29, 0.717) is 11.7 Å². The summed E-state index contributed by atoms with van der Waals surface area (Å²) in [5.74, 6) is -0.229. The highest BCUT2D eigenvalue weighted by atomic mass is 32.1. The van der Waals surface area contributed by atoms with Crippen LogP contribution in [-0.4, -0.2) is 10.1 Å². The molecule has 0 atom stereocenters. The zero-order valence-corrected chi connectivity index (χ0v) is 13.1. The van der Waals surface area contributed by atoms with Crippen molar-refractivity contribution in [2.45, 2.75) is 32.2 Å². The normalized spacial score (nSPS) is 13.6. The zero-order chi connectivity index (χ0) is 14.7. The van der Waals surface area contributed by atoms with Crippen LogP contribution in [0, 0.1) is 5.82 Å². The first-order valence-corrected chi connectivity index (χ1v) is 8.21. The molecule has 1 aromatic heterocycles. The van der Waals surface area contributed by atoms with Crippen LogP contribution in [-0.2, 0) is 19.4 Å². The third-order valence-electron chi connectivity index (χ3n) is 3.43. The molecule has 0 saturated carbocycles. The second-order valence-corrected chi connectivity index (χ2v) is 6.52. The Morgan fingerprint density at radius 2 is 2.00 bits per heavy atom. The summed E-state index contributed by atoms with van der Waals surface area (Å²) in [6, 6.07) is 6.38. The summed E-state index contributed by atoms with van der Waals surface area (Å²) < 4.78 is 12.8. The summed E-state index contributed by atoms with van der Waals surface area (Å²) >= 11 is 6.96. The van der Waals surface area contributed by atoms with Crippen LogP contribution in [0.5, 0.6) is 0 Å². The largest absolute Gasteiger partial charge is 0.358 e. The Morgan fingerprint density at radius 1 is 1.24 bits per heavy atom. The van der Waals surface area contributed by atoms with Crippen LogP contribution < -0.4 is 10.6 Å². The lowest BCUT2D eigenvalue weighted by Crippen LogP contribution is -2.27. The Labute approximate surface area is 132 Å². The fourth-order valence-electron chi connectivity index (χ4n) is 2.33. The van der Waals surface area contributed by atoms with Crippen LogP contribution >= 0.6 is 23.6 Å². The number of halogens is 1. The van der Waals surface area contributed by atoms with Gasteiger partial charge >= 0.3 is 0 Å². The van der Waals surface area contributed by atoms with Crippen molar-refractivity contribution in [3.63, 3.8) is 0 Å². The summed E-state index contributed by atoms with van der Waals surface area (Å²) in [7, 11) is 0. The Morgan fingerprint density at radius 3 is 2.76 bits per heavy atom. The number of thiazole rings is 1. The fourth-order valence-corrected chi connectivity index (χ4v) is 3.62. The van der Waals surface area contributed by atoms with Crippen LogP contribution in [0.25, 0.3) is 0 Å². The van der Waals surface area contributed by atoms with E-state index < -0.39 is 0 Å². The molecule has 0 saturated heterocycles. The van der Waals surface area contributed by atoms with Crippen molar-refractivity contribution in [3.8, 4) is 0 Å². The van der Waals surface area contributed by atoms with Crippen LogP contribution in [0.2, 0.25) is 0 Å². The number of nitrogens with one attached hydrogen (secondary N) is 2. The first-order chi connectivity index (χ1) is 10.2. The molecule has 21 heavy (non-hydrogen) atoms. The molecule has 0 amide bonds. The third kappa shape index (κ3) is 3.77. The molecule has 0 fully saturated rings. The molecule has 0 spiro atoms. The van der Waals surface area contributed by atoms with Gasteiger partial charge in [0.05, 0.1) is 5.69 Å². The number of hydrogen-bond acceptors (Lipinski definition) is 3. The number of aromatic nitrogens is 1. The fraction of sp³-hybridized carbons (Fsp3) is 0.333. The molecule has 0 radical (unpaired) electrons. The van der Waals surface area contributed by atoms with Gasteiger partial charge in [0, 0.05) is 11.4 Å². The van der Waals surface area contributed by atoms with E-state index in [0.717, 1.165) is 23.5 Å². The van der Waals surface area contributed by atoms with Crippen molar-refractivity contribution in [1.82, 2.24) is 10.3 Å². The Kier molecular flexibility index (Phi) is 4.45. The first kappa shape index (κ1) is 14.4. The highest BCUT2D eigenvalue weighted by Crippen LogP contribution is 2.29. The van der Waals surface area contributed by atoms with E-state index >= 15 is 0 Å². The number of fused-ring (bicyclic) bond motifs is 1. The van der Waals surface area contributed by atoms with E-state index in [2.05, 4.69) is 15.6 Å². The van der Waals surface area contributed by atoms with Gasteiger partial charge in [0.25, 0.3) is 0 Å². The lowest BCUT2D eigenvalue weighted by atomic mass is 10.0. The molecule has 110 valence electrons. The molecule has 0 aliphatic heterocycles. The number of thiocarbonyl (C=S) groups is 1. The van der Waals surface area contributed by atoms with E-state index in [4.69, 9.17) is 12.2 Å². The molecule has 3 nitrogen and oxygen atoms in total. The summed E-state index contributed by atoms with van der Waals surface area (Å²) in [6.45, 7) is 0.567. The van der Waals surface area contributed by atoms with Crippen LogP contribution in [0.15, 0.2) is 24.3 Å². The molecule has 0 bridgehead atoms. The second kappa shape index (κ2) is 6.49. The van der Waals surface area contributed by atoms with Gasteiger partial charge < -0.3 is 10.6 Å². The van der Waals surface area contributed by atoms with Gasteiger partial charge in [-0.15, -0.1) is 11.3 Å². The van der Waals surface area contributed by atoms with Gasteiger partial charge in [-0.1, -0.05) is 12.1 Å². The van der Waals surface area contributed by atoms with Crippen LogP contribution in [0.1, 0.15) is 29.0 Å². The Bertz CT molecular complexity index is 613. The van der Waals surface area contributed by atoms with E-state index in [1.807, 2.05) is 0 Å². The standard InChI is InChI=1S/C15H16FN3S2/c16-11-7-5-10(6-8-11)9-17-14(20)19-15-18-12-3-1-2-4-13(12)21-15/h5-8H,1-4,9H2,(H2,17,18,19,20). The highest BCUT2D eigenvalue weighted by molar-refractivity contribution is 7.80. The predicted octanol–water partition coefficient (Wildman–Crippen LogP) is 3.65. The number of hydrogen-bond donors (Lipinski definition) is 2. The van der Waals surface area contributed by atoms with Crippen LogP contribution in [0.3, 0.4) is 0 Å². The van der Waals surface area contributed by atoms with E-state index in [-0.39, 0.29) is 5.82 Å². The number of rotatable bonds is 3. The van der Waals surface area contributed by atoms with Gasteiger partial charge in [-0.25, -0.2) is 9.37 Å². The molecule has 1 aromatic carbocycles. The van der Waals surface area contributed by atoms with Gasteiger partial charge in [0.1, 0.15) is 5.82 Å². The van der Waals surface area contributed by atoms with Crippen LogP contribution in [0.4, 0.5) is 9.52 Å². The molecule has 1 aliphatic carbocycles. The van der Waals surface area contributed by atoms with Crippen molar-refractivity contribution in [3.05, 3.63) is 46.2 Å². The van der Waals surface area contributed by atoms with Gasteiger partial charge in [-0.05, 0) is 55.6 Å². The second-order valence-electron chi connectivity index (χ2n) is 5.03. The highest BCUT2D eigenvalue weighted by Gasteiger charge is 2.15. The molecule has 2 N–H and O–H groups in total. The minimum atomic E-state index is -0.229. The van der Waals surface area contributed by atoms with Crippen molar-refractivity contribution < 1.29 is 4.39 Å². The van der Waals surface area contributed by atoms with Gasteiger partial charge in [-0.2, -0.15) is 0 Å². The smallest absolute Gasteiger partial charge is 0.189 e. The minimum absolute atomic E-state index is 0.229. The third-order valence-corrected chi connectivity index (χ3v) is 4.75. The molecule has 6 heteroatoms. The monoisotopic (exact) mass is 321 g/mol. The van der Waals surface area contributed by atoms with E-state index in [1.165, 1.54) is 35.5 Å². The molecule has 1 aliphatic rings. The summed E-state index contributed by atoms with van der Waals surface area (Å²) in [6.07, 6.45) is 4.68. The molecule has 1 heterocycles. The number of anilines is 1. The maximum Gasteiger partial charge on any atom is 0.189 e. The molecule has 2 aromatic rings. The number of aryl methyl sites for hydroxylation is 2. The molecular formula is C15H16FN3S2. The molecule has 0 unspecified atom stereocenters. The maximum absolute atomic E-state index is 12.8. The Balaban J connectivity index is 1.54. The maximum atomic E-state index is 12.8. The lowest BCUT2D eigenvalue weighted by Gasteiger charge is -2.08. The topological polar surface area (TPSA) is 37.0 Å². The SMILES string of the molecule is Fc1ccc(CNC(=S)Nc2nc3c(s2)CCCC3)cc1. The Hall–Kier alpha value is -1.53. The minimum Gasteiger partial charge on any atom is -0.358 e. The summed E-state index contributed by atoms with van der Waals surface area (Å²) in [4.78, 5) is 5.97. The predicted molar refractivity (Wildman–Crippen MR) is 88.2 cm³/mol. The van der Waals surface area contributed by atoms with Crippen molar-refractivity contribution in [1.29, 1.82) is 0 Å². The molecular weight excluding hydrogens is 305 g/mol.